The van der Waals surface area contributed by atoms with Gasteiger partial charge in [0.2, 0.25) is 0 Å². The van der Waals surface area contributed by atoms with E-state index in [4.69, 9.17) is 4.74 Å². The third-order valence-corrected chi connectivity index (χ3v) is 4.01. The van der Waals surface area contributed by atoms with Crippen molar-refractivity contribution < 1.29 is 9.66 Å². The molecule has 1 unspecified atom stereocenters. The standard InChI is InChI=1S/C14H15BrN4O3/c15-9-1-2-12-11(5-9)14(13(8-17-12)19(20)21)18-7-10-6-16-3-4-22-10/h1-2,5,8,10,16H,3-4,6-7H2,(H,17,18). The molecule has 2 aromatic rings. The summed E-state index contributed by atoms with van der Waals surface area (Å²) < 4.78 is 6.46. The SMILES string of the molecule is O=[N+]([O-])c1cnc2ccc(Br)cc2c1NCC1CNCCO1. The quantitative estimate of drug-likeness (QED) is 0.637. The zero-order valence-electron chi connectivity index (χ0n) is 11.7. The van der Waals surface area contributed by atoms with Crippen molar-refractivity contribution in [1.82, 2.24) is 10.3 Å². The summed E-state index contributed by atoms with van der Waals surface area (Å²) in [5.74, 6) is 0. The minimum absolute atomic E-state index is 0.0104. The van der Waals surface area contributed by atoms with E-state index in [2.05, 4.69) is 31.5 Å². The molecule has 1 aliphatic rings. The van der Waals surface area contributed by atoms with Crippen molar-refractivity contribution in [2.45, 2.75) is 6.10 Å². The number of morpholine rings is 1. The van der Waals surface area contributed by atoms with Gasteiger partial charge in [0, 0.05) is 29.5 Å². The molecule has 2 N–H and O–H groups in total. The van der Waals surface area contributed by atoms with E-state index in [0.717, 1.165) is 17.6 Å². The maximum atomic E-state index is 11.3. The second-order valence-corrected chi connectivity index (χ2v) is 5.93. The highest BCUT2D eigenvalue weighted by Gasteiger charge is 2.20. The highest BCUT2D eigenvalue weighted by molar-refractivity contribution is 9.10. The van der Waals surface area contributed by atoms with Gasteiger partial charge in [-0.1, -0.05) is 15.9 Å². The molecule has 8 heteroatoms. The number of pyridine rings is 1. The molecule has 0 spiro atoms. The lowest BCUT2D eigenvalue weighted by Crippen LogP contribution is -2.42. The van der Waals surface area contributed by atoms with Crippen LogP contribution in [0.1, 0.15) is 0 Å². The number of benzene rings is 1. The molecule has 3 rings (SSSR count). The van der Waals surface area contributed by atoms with Crippen molar-refractivity contribution in [3.8, 4) is 0 Å². The summed E-state index contributed by atoms with van der Waals surface area (Å²) in [6, 6.07) is 5.52. The zero-order chi connectivity index (χ0) is 15.5. The van der Waals surface area contributed by atoms with Crippen molar-refractivity contribution in [1.29, 1.82) is 0 Å². The molecule has 116 valence electrons. The third kappa shape index (κ3) is 3.18. The van der Waals surface area contributed by atoms with Crippen molar-refractivity contribution in [3.05, 3.63) is 39.0 Å². The first-order chi connectivity index (χ1) is 10.6. The number of nitro groups is 1. The van der Waals surface area contributed by atoms with Crippen molar-refractivity contribution in [2.75, 3.05) is 31.6 Å². The third-order valence-electron chi connectivity index (χ3n) is 3.52. The number of ether oxygens (including phenoxy) is 1. The highest BCUT2D eigenvalue weighted by Crippen LogP contribution is 2.33. The molecule has 22 heavy (non-hydrogen) atoms. The van der Waals surface area contributed by atoms with Crippen LogP contribution in [0.2, 0.25) is 0 Å². The average molecular weight is 367 g/mol. The first-order valence-electron chi connectivity index (χ1n) is 6.94. The number of rotatable bonds is 4. The molecule has 0 saturated carbocycles. The number of anilines is 1. The maximum Gasteiger partial charge on any atom is 0.311 e. The summed E-state index contributed by atoms with van der Waals surface area (Å²) in [6.07, 6.45) is 1.28. The Labute approximate surface area is 135 Å². The molecule has 7 nitrogen and oxygen atoms in total. The Kier molecular flexibility index (Phi) is 4.51. The first-order valence-corrected chi connectivity index (χ1v) is 7.73. The molecule has 0 aliphatic carbocycles. The molecule has 0 radical (unpaired) electrons. The largest absolute Gasteiger partial charge is 0.376 e. The van der Waals surface area contributed by atoms with Crippen LogP contribution >= 0.6 is 15.9 Å². The van der Waals surface area contributed by atoms with Gasteiger partial charge < -0.3 is 15.4 Å². The molecule has 1 fully saturated rings. The van der Waals surface area contributed by atoms with Gasteiger partial charge in [-0.2, -0.15) is 0 Å². The van der Waals surface area contributed by atoms with Crippen molar-refractivity contribution >= 4 is 38.2 Å². The van der Waals surface area contributed by atoms with E-state index in [1.165, 1.54) is 6.20 Å². The predicted molar refractivity (Wildman–Crippen MR) is 87.2 cm³/mol. The van der Waals surface area contributed by atoms with Crippen molar-refractivity contribution in [2.24, 2.45) is 0 Å². The fraction of sp³-hybridized carbons (Fsp3) is 0.357. The van der Waals surface area contributed by atoms with E-state index < -0.39 is 4.92 Å². The number of fused-ring (bicyclic) bond motifs is 1. The van der Waals surface area contributed by atoms with Crippen LogP contribution < -0.4 is 10.6 Å². The molecular weight excluding hydrogens is 352 g/mol. The van der Waals surface area contributed by atoms with Crippen LogP contribution in [0.4, 0.5) is 11.4 Å². The topological polar surface area (TPSA) is 89.3 Å². The molecule has 1 saturated heterocycles. The summed E-state index contributed by atoms with van der Waals surface area (Å²) in [7, 11) is 0. The predicted octanol–water partition coefficient (Wildman–Crippen LogP) is 2.31. The van der Waals surface area contributed by atoms with E-state index >= 15 is 0 Å². The minimum Gasteiger partial charge on any atom is -0.376 e. The van der Waals surface area contributed by atoms with Crippen LogP contribution in [0.5, 0.6) is 0 Å². The Bertz CT molecular complexity index is 704. The van der Waals surface area contributed by atoms with Crippen LogP contribution in [-0.4, -0.2) is 42.3 Å². The number of halogens is 1. The maximum absolute atomic E-state index is 11.3. The fourth-order valence-electron chi connectivity index (χ4n) is 2.45. The van der Waals surface area contributed by atoms with E-state index in [9.17, 15) is 10.1 Å². The number of hydrogen-bond donors (Lipinski definition) is 2. The monoisotopic (exact) mass is 366 g/mol. The average Bonchev–Trinajstić information content (AvgIpc) is 2.53. The molecule has 1 aromatic heterocycles. The molecule has 0 amide bonds. The lowest BCUT2D eigenvalue weighted by Gasteiger charge is -2.24. The van der Waals surface area contributed by atoms with Crippen LogP contribution in [0.25, 0.3) is 10.9 Å². The second kappa shape index (κ2) is 6.55. The van der Waals surface area contributed by atoms with Gasteiger partial charge in [-0.25, -0.2) is 4.98 Å². The summed E-state index contributed by atoms with van der Waals surface area (Å²) >= 11 is 3.40. The van der Waals surface area contributed by atoms with Gasteiger partial charge in [0.25, 0.3) is 0 Å². The summed E-state index contributed by atoms with van der Waals surface area (Å²) in [5.41, 5.74) is 1.15. The highest BCUT2D eigenvalue weighted by atomic mass is 79.9. The molecule has 1 aliphatic heterocycles. The smallest absolute Gasteiger partial charge is 0.311 e. The lowest BCUT2D eigenvalue weighted by molar-refractivity contribution is -0.384. The molecule has 1 aromatic carbocycles. The van der Waals surface area contributed by atoms with E-state index in [-0.39, 0.29) is 11.8 Å². The Hall–Kier alpha value is -1.77. The minimum atomic E-state index is -0.421. The fourth-order valence-corrected chi connectivity index (χ4v) is 2.81. The van der Waals surface area contributed by atoms with Gasteiger partial charge in [-0.15, -0.1) is 0 Å². The molecule has 1 atom stereocenters. The van der Waals surface area contributed by atoms with E-state index in [1.54, 1.807) is 0 Å². The first kappa shape index (κ1) is 15.1. The Morgan fingerprint density at radius 1 is 1.55 bits per heavy atom. The van der Waals surface area contributed by atoms with Crippen LogP contribution in [0.15, 0.2) is 28.9 Å². The molecule has 2 heterocycles. The van der Waals surface area contributed by atoms with Gasteiger partial charge in [-0.3, -0.25) is 10.1 Å². The van der Waals surface area contributed by atoms with Gasteiger partial charge in [0.1, 0.15) is 11.9 Å². The molecular formula is C14H15BrN4O3. The Balaban J connectivity index is 1.94. The Morgan fingerprint density at radius 2 is 2.41 bits per heavy atom. The lowest BCUT2D eigenvalue weighted by atomic mass is 10.1. The number of aromatic nitrogens is 1. The Morgan fingerprint density at radius 3 is 3.14 bits per heavy atom. The zero-order valence-corrected chi connectivity index (χ0v) is 13.3. The van der Waals surface area contributed by atoms with Gasteiger partial charge in [0.15, 0.2) is 0 Å². The van der Waals surface area contributed by atoms with Crippen LogP contribution in [0, 0.1) is 10.1 Å². The van der Waals surface area contributed by atoms with Gasteiger partial charge in [-0.05, 0) is 18.2 Å². The van der Waals surface area contributed by atoms with Crippen LogP contribution in [-0.2, 0) is 4.74 Å². The van der Waals surface area contributed by atoms with Crippen molar-refractivity contribution in [3.63, 3.8) is 0 Å². The summed E-state index contributed by atoms with van der Waals surface area (Å²) in [5, 5.41) is 18.4. The van der Waals surface area contributed by atoms with E-state index in [0.29, 0.717) is 29.7 Å². The molecule has 0 bridgehead atoms. The normalized spacial score (nSPS) is 18.3. The van der Waals surface area contributed by atoms with Gasteiger partial charge in [0.05, 0.1) is 23.2 Å². The summed E-state index contributed by atoms with van der Waals surface area (Å²) in [4.78, 5) is 15.0. The summed E-state index contributed by atoms with van der Waals surface area (Å²) in [6.45, 7) is 2.71. The van der Waals surface area contributed by atoms with Crippen LogP contribution in [0.3, 0.4) is 0 Å². The second-order valence-electron chi connectivity index (χ2n) is 5.01. The van der Waals surface area contributed by atoms with Gasteiger partial charge >= 0.3 is 5.69 Å². The number of nitrogens with one attached hydrogen (secondary N) is 2. The number of nitrogens with zero attached hydrogens (tertiary/aromatic N) is 2. The van der Waals surface area contributed by atoms with E-state index in [1.807, 2.05) is 18.2 Å². The number of hydrogen-bond acceptors (Lipinski definition) is 6.